The zero-order chi connectivity index (χ0) is 12.7. The average molecular weight is 240 g/mol. The molecule has 1 unspecified atom stereocenters. The standard InChI is InChI=1S/C10H16N4O3/c1-2-3-4-11-6-10(15)8-13-7-9(5-12-13)14(16)17/h2,5,7,10-11,15H,1,3-4,6,8H2. The van der Waals surface area contributed by atoms with Gasteiger partial charge in [-0.05, 0) is 13.0 Å². The highest BCUT2D eigenvalue weighted by molar-refractivity contribution is 5.20. The van der Waals surface area contributed by atoms with Crippen molar-refractivity contribution >= 4 is 5.69 Å². The van der Waals surface area contributed by atoms with Crippen LogP contribution in [0, 0.1) is 10.1 Å². The van der Waals surface area contributed by atoms with Gasteiger partial charge in [0, 0.05) is 6.54 Å². The number of aliphatic hydroxyl groups excluding tert-OH is 1. The van der Waals surface area contributed by atoms with Crippen LogP contribution in [0.5, 0.6) is 0 Å². The quantitative estimate of drug-likeness (QED) is 0.295. The van der Waals surface area contributed by atoms with Gasteiger partial charge in [-0.3, -0.25) is 14.8 Å². The minimum absolute atomic E-state index is 0.0724. The lowest BCUT2D eigenvalue weighted by Crippen LogP contribution is -2.30. The van der Waals surface area contributed by atoms with Crippen molar-refractivity contribution in [1.82, 2.24) is 15.1 Å². The van der Waals surface area contributed by atoms with E-state index in [1.54, 1.807) is 6.08 Å². The molecule has 0 aliphatic heterocycles. The van der Waals surface area contributed by atoms with E-state index < -0.39 is 11.0 Å². The van der Waals surface area contributed by atoms with Crippen molar-refractivity contribution < 1.29 is 10.0 Å². The van der Waals surface area contributed by atoms with Gasteiger partial charge < -0.3 is 10.4 Å². The lowest BCUT2D eigenvalue weighted by Gasteiger charge is -2.10. The summed E-state index contributed by atoms with van der Waals surface area (Å²) in [5.41, 5.74) is -0.0724. The van der Waals surface area contributed by atoms with Crippen molar-refractivity contribution in [2.45, 2.75) is 19.1 Å². The van der Waals surface area contributed by atoms with Gasteiger partial charge in [-0.1, -0.05) is 6.08 Å². The largest absolute Gasteiger partial charge is 0.390 e. The number of hydrogen-bond acceptors (Lipinski definition) is 5. The SMILES string of the molecule is C=CCCNCC(O)Cn1cc([N+](=O)[O-])cn1. The number of nitro groups is 1. The Morgan fingerprint density at radius 3 is 3.12 bits per heavy atom. The van der Waals surface area contributed by atoms with Crippen LogP contribution in [0.4, 0.5) is 5.69 Å². The van der Waals surface area contributed by atoms with Crippen LogP contribution in [0.2, 0.25) is 0 Å². The maximum absolute atomic E-state index is 10.4. The third kappa shape index (κ3) is 4.75. The van der Waals surface area contributed by atoms with Crippen LogP contribution < -0.4 is 5.32 Å². The van der Waals surface area contributed by atoms with Crippen molar-refractivity contribution in [2.24, 2.45) is 0 Å². The van der Waals surface area contributed by atoms with E-state index >= 15 is 0 Å². The van der Waals surface area contributed by atoms with E-state index in [-0.39, 0.29) is 12.2 Å². The first-order chi connectivity index (χ1) is 8.13. The van der Waals surface area contributed by atoms with Crippen LogP contribution in [-0.2, 0) is 6.54 Å². The van der Waals surface area contributed by atoms with Crippen LogP contribution in [0.25, 0.3) is 0 Å². The smallest absolute Gasteiger partial charge is 0.306 e. The molecule has 2 N–H and O–H groups in total. The highest BCUT2D eigenvalue weighted by Crippen LogP contribution is 2.07. The molecule has 1 aromatic rings. The minimum atomic E-state index is -0.626. The van der Waals surface area contributed by atoms with E-state index in [9.17, 15) is 15.2 Å². The first kappa shape index (κ1) is 13.3. The molecule has 1 heterocycles. The zero-order valence-electron chi connectivity index (χ0n) is 9.45. The predicted molar refractivity (Wildman–Crippen MR) is 62.6 cm³/mol. The van der Waals surface area contributed by atoms with Gasteiger partial charge >= 0.3 is 5.69 Å². The molecular weight excluding hydrogens is 224 g/mol. The van der Waals surface area contributed by atoms with Gasteiger partial charge in [0.25, 0.3) is 0 Å². The summed E-state index contributed by atoms with van der Waals surface area (Å²) in [6.45, 7) is 4.98. The van der Waals surface area contributed by atoms with Gasteiger partial charge in [0.1, 0.15) is 12.4 Å². The zero-order valence-corrected chi connectivity index (χ0v) is 9.45. The molecule has 1 rings (SSSR count). The van der Waals surface area contributed by atoms with Gasteiger partial charge in [-0.15, -0.1) is 6.58 Å². The molecule has 0 spiro atoms. The Labute approximate surface area is 98.9 Å². The average Bonchev–Trinajstić information content (AvgIpc) is 2.73. The van der Waals surface area contributed by atoms with Crippen molar-refractivity contribution in [3.8, 4) is 0 Å². The van der Waals surface area contributed by atoms with Crippen LogP contribution >= 0.6 is 0 Å². The summed E-state index contributed by atoms with van der Waals surface area (Å²) in [6, 6.07) is 0. The molecule has 0 fully saturated rings. The molecule has 94 valence electrons. The fourth-order valence-electron chi connectivity index (χ4n) is 1.30. The summed E-state index contributed by atoms with van der Waals surface area (Å²) >= 11 is 0. The summed E-state index contributed by atoms with van der Waals surface area (Å²) in [6.07, 6.45) is 4.46. The molecule has 7 nitrogen and oxygen atoms in total. The van der Waals surface area contributed by atoms with Crippen molar-refractivity contribution in [3.05, 3.63) is 35.2 Å². The molecule has 0 amide bonds. The number of hydrogen-bond donors (Lipinski definition) is 2. The fraction of sp³-hybridized carbons (Fsp3) is 0.500. The molecule has 7 heteroatoms. The predicted octanol–water partition coefficient (Wildman–Crippen LogP) is 0.318. The Kier molecular flexibility index (Phi) is 5.31. The molecule has 0 saturated carbocycles. The molecule has 0 bridgehead atoms. The van der Waals surface area contributed by atoms with Gasteiger partial charge in [0.2, 0.25) is 0 Å². The molecule has 0 aromatic carbocycles. The van der Waals surface area contributed by atoms with E-state index in [1.165, 1.54) is 10.9 Å². The van der Waals surface area contributed by atoms with Crippen molar-refractivity contribution in [2.75, 3.05) is 13.1 Å². The molecule has 17 heavy (non-hydrogen) atoms. The Balaban J connectivity index is 2.31. The lowest BCUT2D eigenvalue weighted by atomic mass is 10.3. The molecule has 1 atom stereocenters. The van der Waals surface area contributed by atoms with Gasteiger partial charge in [0.05, 0.1) is 17.6 Å². The Morgan fingerprint density at radius 1 is 1.76 bits per heavy atom. The van der Waals surface area contributed by atoms with Crippen LogP contribution in [0.15, 0.2) is 25.0 Å². The number of aromatic nitrogens is 2. The fourth-order valence-corrected chi connectivity index (χ4v) is 1.30. The first-order valence-electron chi connectivity index (χ1n) is 5.30. The Bertz CT molecular complexity index is 377. The summed E-state index contributed by atoms with van der Waals surface area (Å²) < 4.78 is 1.36. The van der Waals surface area contributed by atoms with Crippen LogP contribution in [-0.4, -0.2) is 39.0 Å². The van der Waals surface area contributed by atoms with Crippen LogP contribution in [0.1, 0.15) is 6.42 Å². The molecule has 1 aromatic heterocycles. The second kappa shape index (κ2) is 6.77. The second-order valence-corrected chi connectivity index (χ2v) is 3.61. The number of rotatable bonds is 8. The number of nitrogens with one attached hydrogen (secondary N) is 1. The Hall–Kier alpha value is -1.73. The van der Waals surface area contributed by atoms with Gasteiger partial charge in [0.15, 0.2) is 0 Å². The molecule has 0 saturated heterocycles. The molecule has 0 aliphatic carbocycles. The summed E-state index contributed by atoms with van der Waals surface area (Å²) in [4.78, 5) is 9.90. The topological polar surface area (TPSA) is 93.2 Å². The molecule has 0 radical (unpaired) electrons. The van der Waals surface area contributed by atoms with Gasteiger partial charge in [-0.2, -0.15) is 5.10 Å². The minimum Gasteiger partial charge on any atom is -0.390 e. The number of nitrogens with zero attached hydrogens (tertiary/aromatic N) is 3. The lowest BCUT2D eigenvalue weighted by molar-refractivity contribution is -0.385. The van der Waals surface area contributed by atoms with E-state index in [1.807, 2.05) is 0 Å². The first-order valence-corrected chi connectivity index (χ1v) is 5.30. The summed E-state index contributed by atoms with van der Waals surface area (Å²) in [5.74, 6) is 0. The summed E-state index contributed by atoms with van der Waals surface area (Å²) in [5, 5.41) is 26.9. The summed E-state index contributed by atoms with van der Waals surface area (Å²) in [7, 11) is 0. The highest BCUT2D eigenvalue weighted by atomic mass is 16.6. The van der Waals surface area contributed by atoms with E-state index in [4.69, 9.17) is 0 Å². The highest BCUT2D eigenvalue weighted by Gasteiger charge is 2.11. The second-order valence-electron chi connectivity index (χ2n) is 3.61. The molecule has 0 aliphatic rings. The maximum atomic E-state index is 10.4. The van der Waals surface area contributed by atoms with Crippen LogP contribution in [0.3, 0.4) is 0 Å². The maximum Gasteiger partial charge on any atom is 0.306 e. The van der Waals surface area contributed by atoms with E-state index in [0.29, 0.717) is 6.54 Å². The van der Waals surface area contributed by atoms with Crippen molar-refractivity contribution in [1.29, 1.82) is 0 Å². The number of aliphatic hydroxyl groups is 1. The van der Waals surface area contributed by atoms with E-state index in [2.05, 4.69) is 17.0 Å². The van der Waals surface area contributed by atoms with Gasteiger partial charge in [-0.25, -0.2) is 0 Å². The van der Waals surface area contributed by atoms with Crippen molar-refractivity contribution in [3.63, 3.8) is 0 Å². The van der Waals surface area contributed by atoms with E-state index in [0.717, 1.165) is 19.2 Å². The normalized spacial score (nSPS) is 12.3. The monoisotopic (exact) mass is 240 g/mol. The Morgan fingerprint density at radius 2 is 2.53 bits per heavy atom. The third-order valence-electron chi connectivity index (χ3n) is 2.13. The third-order valence-corrected chi connectivity index (χ3v) is 2.13. The molecular formula is C10H16N4O3.